The van der Waals surface area contributed by atoms with Gasteiger partial charge in [-0.2, -0.15) is 0 Å². The van der Waals surface area contributed by atoms with Crippen LogP contribution < -0.4 is 5.32 Å². The Bertz CT molecular complexity index is 508. The summed E-state index contributed by atoms with van der Waals surface area (Å²) in [6.07, 6.45) is -5.46. The van der Waals surface area contributed by atoms with E-state index in [1.165, 1.54) is 0 Å². The van der Waals surface area contributed by atoms with Gasteiger partial charge in [-0.05, 0) is 18.6 Å². The van der Waals surface area contributed by atoms with E-state index in [1.54, 1.807) is 31.2 Å². The van der Waals surface area contributed by atoms with Crippen molar-refractivity contribution in [3.05, 3.63) is 35.4 Å². The predicted molar refractivity (Wildman–Crippen MR) is 72.4 cm³/mol. The molecular formula is C14H19NO6. The van der Waals surface area contributed by atoms with E-state index < -0.39 is 43.2 Å². The summed E-state index contributed by atoms with van der Waals surface area (Å²) < 4.78 is 4.98. The molecule has 21 heavy (non-hydrogen) atoms. The van der Waals surface area contributed by atoms with Crippen LogP contribution in [-0.4, -0.2) is 63.6 Å². The summed E-state index contributed by atoms with van der Waals surface area (Å²) in [5.41, 5.74) is 1.14. The Morgan fingerprint density at radius 1 is 1.24 bits per heavy atom. The van der Waals surface area contributed by atoms with E-state index in [9.17, 15) is 20.1 Å². The summed E-state index contributed by atoms with van der Waals surface area (Å²) in [5.74, 6) is -0.491. The van der Waals surface area contributed by atoms with Gasteiger partial charge in [0, 0.05) is 5.56 Å². The molecule has 0 bridgehead atoms. The third kappa shape index (κ3) is 3.22. The number of carbonyl (C=O) groups is 1. The average molecular weight is 297 g/mol. The van der Waals surface area contributed by atoms with Crippen LogP contribution >= 0.6 is 0 Å². The van der Waals surface area contributed by atoms with E-state index in [1.807, 2.05) is 0 Å². The first-order valence-corrected chi connectivity index (χ1v) is 6.62. The van der Waals surface area contributed by atoms with E-state index in [4.69, 9.17) is 9.84 Å². The van der Waals surface area contributed by atoms with Gasteiger partial charge in [-0.1, -0.05) is 18.2 Å². The maximum Gasteiger partial charge on any atom is 0.252 e. The number of hydrogen-bond donors (Lipinski definition) is 5. The van der Waals surface area contributed by atoms with Crippen molar-refractivity contribution in [2.45, 2.75) is 37.6 Å². The number of aryl methyl sites for hydroxylation is 1. The van der Waals surface area contributed by atoms with Gasteiger partial charge in [0.25, 0.3) is 5.91 Å². The minimum absolute atomic E-state index is 0.399. The number of ether oxygens (including phenoxy) is 1. The van der Waals surface area contributed by atoms with Gasteiger partial charge >= 0.3 is 0 Å². The minimum atomic E-state index is -1.52. The minimum Gasteiger partial charge on any atom is -0.394 e. The number of benzene rings is 1. The molecule has 1 aromatic carbocycles. The molecule has 1 fully saturated rings. The van der Waals surface area contributed by atoms with Crippen LogP contribution in [0.1, 0.15) is 15.9 Å². The van der Waals surface area contributed by atoms with Crippen LogP contribution in [0.3, 0.4) is 0 Å². The zero-order valence-electron chi connectivity index (χ0n) is 11.5. The van der Waals surface area contributed by atoms with Gasteiger partial charge in [-0.3, -0.25) is 4.79 Å². The second-order valence-corrected chi connectivity index (χ2v) is 5.04. The number of nitrogens with one attached hydrogen (secondary N) is 1. The highest BCUT2D eigenvalue weighted by molar-refractivity contribution is 5.95. The molecule has 1 aliphatic heterocycles. The number of aliphatic hydroxyl groups is 4. The molecule has 0 spiro atoms. The predicted octanol–water partition coefficient (Wildman–Crippen LogP) is -1.48. The van der Waals surface area contributed by atoms with Gasteiger partial charge in [0.2, 0.25) is 0 Å². The molecule has 1 aromatic rings. The topological polar surface area (TPSA) is 119 Å². The maximum atomic E-state index is 12.2. The molecule has 2 rings (SSSR count). The summed E-state index contributed by atoms with van der Waals surface area (Å²) >= 11 is 0. The molecule has 0 unspecified atom stereocenters. The van der Waals surface area contributed by atoms with E-state index in [0.29, 0.717) is 5.56 Å². The Kier molecular flexibility index (Phi) is 4.92. The highest BCUT2D eigenvalue weighted by Gasteiger charge is 2.44. The first-order chi connectivity index (χ1) is 9.95. The molecule has 5 N–H and O–H groups in total. The van der Waals surface area contributed by atoms with E-state index in [2.05, 4.69) is 5.32 Å². The molecule has 0 aliphatic carbocycles. The SMILES string of the molecule is Cc1ccccc1C(=O)N[C@@H]1[C@@H](O)[C@H](O)[C@@H](CO)O[C@H]1O. The van der Waals surface area contributed by atoms with Crippen molar-refractivity contribution in [1.29, 1.82) is 0 Å². The molecular weight excluding hydrogens is 278 g/mol. The smallest absolute Gasteiger partial charge is 0.252 e. The van der Waals surface area contributed by atoms with E-state index in [-0.39, 0.29) is 0 Å². The fraction of sp³-hybridized carbons (Fsp3) is 0.500. The lowest BCUT2D eigenvalue weighted by molar-refractivity contribution is -0.252. The van der Waals surface area contributed by atoms with E-state index in [0.717, 1.165) is 5.56 Å². The van der Waals surface area contributed by atoms with Crippen molar-refractivity contribution in [2.24, 2.45) is 0 Å². The summed E-state index contributed by atoms with van der Waals surface area (Å²) in [5, 5.41) is 41.0. The largest absolute Gasteiger partial charge is 0.394 e. The lowest BCUT2D eigenvalue weighted by atomic mass is 9.96. The van der Waals surface area contributed by atoms with Crippen LogP contribution in [0, 0.1) is 6.92 Å². The zero-order valence-corrected chi connectivity index (χ0v) is 11.5. The first kappa shape index (κ1) is 15.9. The molecule has 1 amide bonds. The van der Waals surface area contributed by atoms with Gasteiger partial charge in [0.1, 0.15) is 24.4 Å². The molecule has 1 aliphatic rings. The summed E-state index contributed by atoms with van der Waals surface area (Å²) in [4.78, 5) is 12.2. The Morgan fingerprint density at radius 2 is 1.90 bits per heavy atom. The van der Waals surface area contributed by atoms with Crippen molar-refractivity contribution in [2.75, 3.05) is 6.61 Å². The number of rotatable bonds is 3. The summed E-state index contributed by atoms with van der Waals surface area (Å²) in [6.45, 7) is 1.21. The summed E-state index contributed by atoms with van der Waals surface area (Å²) in [6, 6.07) is 5.67. The van der Waals surface area contributed by atoms with Crippen LogP contribution in [0.15, 0.2) is 24.3 Å². The number of hydrogen-bond acceptors (Lipinski definition) is 6. The highest BCUT2D eigenvalue weighted by atomic mass is 16.6. The molecule has 116 valence electrons. The average Bonchev–Trinajstić information content (AvgIpc) is 2.47. The van der Waals surface area contributed by atoms with Crippen LogP contribution in [0.25, 0.3) is 0 Å². The third-order valence-corrected chi connectivity index (χ3v) is 3.59. The Hall–Kier alpha value is -1.51. The zero-order chi connectivity index (χ0) is 15.6. The van der Waals surface area contributed by atoms with Crippen molar-refractivity contribution in [3.63, 3.8) is 0 Å². The van der Waals surface area contributed by atoms with Crippen LogP contribution in [0.5, 0.6) is 0 Å². The van der Waals surface area contributed by atoms with Crippen LogP contribution in [0.2, 0.25) is 0 Å². The number of carbonyl (C=O) groups excluding carboxylic acids is 1. The standard InChI is InChI=1S/C14H19NO6/c1-7-4-2-3-5-8(7)13(19)15-10-12(18)11(17)9(6-16)21-14(10)20/h2-5,9-12,14,16-18,20H,6H2,1H3,(H,15,19)/t9-,10-,11-,12-,14-/m1/s1. The van der Waals surface area contributed by atoms with Crippen molar-refractivity contribution in [3.8, 4) is 0 Å². The molecule has 0 saturated carbocycles. The maximum absolute atomic E-state index is 12.2. The van der Waals surface area contributed by atoms with Gasteiger partial charge in [0.05, 0.1) is 6.61 Å². The molecule has 5 atom stereocenters. The lowest BCUT2D eigenvalue weighted by Gasteiger charge is -2.40. The van der Waals surface area contributed by atoms with Crippen molar-refractivity contribution < 1.29 is 30.0 Å². The molecule has 0 radical (unpaired) electrons. The fourth-order valence-electron chi connectivity index (χ4n) is 2.31. The number of amides is 1. The monoisotopic (exact) mass is 297 g/mol. The molecule has 1 heterocycles. The van der Waals surface area contributed by atoms with Crippen molar-refractivity contribution in [1.82, 2.24) is 5.32 Å². The van der Waals surface area contributed by atoms with Crippen LogP contribution in [-0.2, 0) is 4.74 Å². The number of aliphatic hydroxyl groups excluding tert-OH is 4. The molecule has 7 nitrogen and oxygen atoms in total. The quantitative estimate of drug-likeness (QED) is 0.464. The Labute approximate surface area is 121 Å². The fourth-order valence-corrected chi connectivity index (χ4v) is 2.31. The van der Waals surface area contributed by atoms with Crippen molar-refractivity contribution >= 4 is 5.91 Å². The van der Waals surface area contributed by atoms with Gasteiger partial charge in [-0.15, -0.1) is 0 Å². The van der Waals surface area contributed by atoms with Gasteiger partial charge in [0.15, 0.2) is 6.29 Å². The molecule has 1 saturated heterocycles. The van der Waals surface area contributed by atoms with E-state index >= 15 is 0 Å². The Balaban J connectivity index is 2.12. The highest BCUT2D eigenvalue weighted by Crippen LogP contribution is 2.20. The second-order valence-electron chi connectivity index (χ2n) is 5.04. The van der Waals surface area contributed by atoms with Gasteiger partial charge in [-0.25, -0.2) is 0 Å². The lowest BCUT2D eigenvalue weighted by Crippen LogP contribution is -2.64. The Morgan fingerprint density at radius 3 is 2.52 bits per heavy atom. The van der Waals surface area contributed by atoms with Crippen LogP contribution in [0.4, 0.5) is 0 Å². The molecule has 7 heteroatoms. The molecule has 0 aromatic heterocycles. The second kappa shape index (κ2) is 6.50. The summed E-state index contributed by atoms with van der Waals surface area (Å²) in [7, 11) is 0. The normalized spacial score (nSPS) is 32.7. The first-order valence-electron chi connectivity index (χ1n) is 6.62. The van der Waals surface area contributed by atoms with Gasteiger partial charge < -0.3 is 30.5 Å². The third-order valence-electron chi connectivity index (χ3n) is 3.59.